The van der Waals surface area contributed by atoms with E-state index in [2.05, 4.69) is 4.98 Å². The van der Waals surface area contributed by atoms with Crippen LogP contribution in [-0.4, -0.2) is 30.9 Å². The molecule has 0 fully saturated rings. The van der Waals surface area contributed by atoms with Crippen LogP contribution in [-0.2, 0) is 6.54 Å². The lowest BCUT2D eigenvalue weighted by atomic mass is 10.1. The number of carbonyl (C=O) groups excluding carboxylic acids is 1. The van der Waals surface area contributed by atoms with Crippen LogP contribution in [0.3, 0.4) is 0 Å². The predicted octanol–water partition coefficient (Wildman–Crippen LogP) is 3.83. The first-order valence-electron chi connectivity index (χ1n) is 11.4. The first-order valence-corrected chi connectivity index (χ1v) is 12.6. The molecule has 4 heterocycles. The zero-order chi connectivity index (χ0) is 26.4. The Labute approximate surface area is 218 Å². The van der Waals surface area contributed by atoms with Crippen LogP contribution >= 0.6 is 22.9 Å². The van der Waals surface area contributed by atoms with Crippen molar-refractivity contribution in [1.82, 2.24) is 18.5 Å². The monoisotopic (exact) mass is 536 g/mol. The third-order valence-electron chi connectivity index (χ3n) is 5.93. The zero-order valence-corrected chi connectivity index (χ0v) is 21.7. The Hall–Kier alpha value is -4.02. The summed E-state index contributed by atoms with van der Waals surface area (Å²) in [6.45, 7) is 5.36. The van der Waals surface area contributed by atoms with Gasteiger partial charge in [0.05, 0.1) is 39.8 Å². The number of ether oxygens (including phenoxy) is 1. The Morgan fingerprint density at radius 1 is 1.11 bits per heavy atom. The maximum atomic E-state index is 13.8. The molecule has 0 unspecified atom stereocenters. The molecule has 0 N–H and O–H groups in total. The van der Waals surface area contributed by atoms with Gasteiger partial charge in [0.1, 0.15) is 16.2 Å². The summed E-state index contributed by atoms with van der Waals surface area (Å²) in [5.41, 5.74) is 0.0422. The second-order valence-electron chi connectivity index (χ2n) is 8.39. The molecule has 4 aromatic heterocycles. The van der Waals surface area contributed by atoms with E-state index in [0.29, 0.717) is 49.7 Å². The van der Waals surface area contributed by atoms with Crippen molar-refractivity contribution in [3.8, 4) is 11.4 Å². The minimum absolute atomic E-state index is 0.0850. The van der Waals surface area contributed by atoms with Gasteiger partial charge in [0.2, 0.25) is 0 Å². The highest BCUT2D eigenvalue weighted by Crippen LogP contribution is 2.29. The average Bonchev–Trinajstić information content (AvgIpc) is 3.21. The molecule has 5 rings (SSSR count). The van der Waals surface area contributed by atoms with Gasteiger partial charge in [-0.3, -0.25) is 23.4 Å². The Kier molecular flexibility index (Phi) is 6.30. The van der Waals surface area contributed by atoms with Crippen molar-refractivity contribution in [1.29, 1.82) is 0 Å². The van der Waals surface area contributed by atoms with Crippen LogP contribution < -0.4 is 21.5 Å². The number of hydrogen-bond acceptors (Lipinski definition) is 7. The molecule has 0 saturated heterocycles. The molecular formula is C26H21ClN4O5S. The van der Waals surface area contributed by atoms with Gasteiger partial charge < -0.3 is 4.74 Å². The van der Waals surface area contributed by atoms with Crippen molar-refractivity contribution in [2.24, 2.45) is 0 Å². The average molecular weight is 537 g/mol. The van der Waals surface area contributed by atoms with Gasteiger partial charge >= 0.3 is 5.69 Å². The fraction of sp³-hybridized carbons (Fsp3) is 0.192. The molecule has 11 heteroatoms. The number of fused-ring (bicyclic) bond motifs is 2. The number of benzene rings is 1. The van der Waals surface area contributed by atoms with Gasteiger partial charge in [0, 0.05) is 12.3 Å². The second-order valence-corrected chi connectivity index (χ2v) is 9.83. The molecule has 0 aliphatic carbocycles. The van der Waals surface area contributed by atoms with E-state index in [1.807, 2.05) is 6.92 Å². The highest BCUT2D eigenvalue weighted by Gasteiger charge is 2.23. The van der Waals surface area contributed by atoms with Gasteiger partial charge in [-0.15, -0.1) is 11.3 Å². The summed E-state index contributed by atoms with van der Waals surface area (Å²) in [5, 5.41) is 0.656. The Bertz CT molecular complexity index is 1880. The Balaban J connectivity index is 1.77. The lowest BCUT2D eigenvalue weighted by molar-refractivity contribution is 0.102. The van der Waals surface area contributed by atoms with Crippen LogP contribution in [0, 0.1) is 6.92 Å². The number of hydrogen-bond donors (Lipinski definition) is 0. The predicted molar refractivity (Wildman–Crippen MR) is 143 cm³/mol. The topological polar surface area (TPSA) is 105 Å². The first-order chi connectivity index (χ1) is 17.7. The van der Waals surface area contributed by atoms with E-state index in [0.717, 1.165) is 15.9 Å². The standard InChI is InChI=1S/C26H21ClN4O5S/c1-4-36-19-8-6-18(7-9-19)31-24(34)22-14(2)23(15(3)32)37-25(22)30(26(31)35)13-17-11-21(33)29-12-16(27)5-10-20(29)28-17/h5-12H,4,13H2,1-3H3. The number of ketones is 1. The van der Waals surface area contributed by atoms with E-state index in [9.17, 15) is 19.2 Å². The number of pyridine rings is 1. The molecule has 0 aliphatic heterocycles. The molecule has 188 valence electrons. The highest BCUT2D eigenvalue weighted by molar-refractivity contribution is 7.20. The minimum atomic E-state index is -0.615. The van der Waals surface area contributed by atoms with E-state index in [-0.39, 0.29) is 23.3 Å². The van der Waals surface area contributed by atoms with E-state index in [4.69, 9.17) is 16.3 Å². The third-order valence-corrected chi connectivity index (χ3v) is 7.57. The molecule has 0 aliphatic rings. The molecular weight excluding hydrogens is 516 g/mol. The summed E-state index contributed by atoms with van der Waals surface area (Å²) in [7, 11) is 0. The van der Waals surface area contributed by atoms with E-state index >= 15 is 0 Å². The van der Waals surface area contributed by atoms with Crippen molar-refractivity contribution in [2.75, 3.05) is 6.61 Å². The number of thiophene rings is 1. The summed E-state index contributed by atoms with van der Waals surface area (Å²) < 4.78 is 9.24. The van der Waals surface area contributed by atoms with E-state index in [1.54, 1.807) is 43.3 Å². The minimum Gasteiger partial charge on any atom is -0.494 e. The Morgan fingerprint density at radius 3 is 2.51 bits per heavy atom. The molecule has 0 amide bonds. The van der Waals surface area contributed by atoms with Crippen LogP contribution in [0.15, 0.2) is 63.0 Å². The molecule has 0 saturated carbocycles. The number of rotatable bonds is 6. The lowest BCUT2D eigenvalue weighted by Gasteiger charge is -2.13. The van der Waals surface area contributed by atoms with Crippen molar-refractivity contribution < 1.29 is 9.53 Å². The van der Waals surface area contributed by atoms with Crippen LogP contribution in [0.1, 0.15) is 34.8 Å². The van der Waals surface area contributed by atoms with Crippen molar-refractivity contribution >= 4 is 44.6 Å². The third kappa shape index (κ3) is 4.28. The number of aromatic nitrogens is 4. The van der Waals surface area contributed by atoms with Gasteiger partial charge in [0.25, 0.3) is 11.1 Å². The normalized spacial score (nSPS) is 11.4. The smallest absolute Gasteiger partial charge is 0.337 e. The SMILES string of the molecule is CCOc1ccc(-n2c(=O)c3c(C)c(C(C)=O)sc3n(Cc3cc(=O)n4cc(Cl)ccc4n3)c2=O)cc1. The fourth-order valence-electron chi connectivity index (χ4n) is 4.28. The van der Waals surface area contributed by atoms with Crippen molar-refractivity contribution in [3.63, 3.8) is 0 Å². The molecule has 0 spiro atoms. The zero-order valence-electron chi connectivity index (χ0n) is 20.1. The largest absolute Gasteiger partial charge is 0.494 e. The van der Waals surface area contributed by atoms with Crippen molar-refractivity contribution in [2.45, 2.75) is 27.3 Å². The molecule has 0 atom stereocenters. The molecule has 5 aromatic rings. The quantitative estimate of drug-likeness (QED) is 0.305. The summed E-state index contributed by atoms with van der Waals surface area (Å²) in [6.07, 6.45) is 1.47. The maximum Gasteiger partial charge on any atom is 0.337 e. The molecule has 37 heavy (non-hydrogen) atoms. The fourth-order valence-corrected chi connectivity index (χ4v) is 5.62. The molecule has 0 bridgehead atoms. The number of aryl methyl sites for hydroxylation is 1. The van der Waals surface area contributed by atoms with Gasteiger partial charge in [-0.05, 0) is 62.7 Å². The summed E-state index contributed by atoms with van der Waals surface area (Å²) in [5.74, 6) is 0.399. The maximum absolute atomic E-state index is 13.8. The summed E-state index contributed by atoms with van der Waals surface area (Å²) >= 11 is 7.09. The number of Topliss-reactive ketones (excluding diaryl/α,β-unsaturated/α-hetero) is 1. The highest BCUT2D eigenvalue weighted by atomic mass is 35.5. The number of nitrogens with zero attached hydrogens (tertiary/aromatic N) is 4. The van der Waals surface area contributed by atoms with Crippen molar-refractivity contribution in [3.05, 3.63) is 101 Å². The molecule has 0 radical (unpaired) electrons. The first kappa shape index (κ1) is 24.7. The van der Waals surface area contributed by atoms with Gasteiger partial charge in [-0.25, -0.2) is 14.3 Å². The van der Waals surface area contributed by atoms with Crippen LogP contribution in [0.25, 0.3) is 21.6 Å². The van der Waals surface area contributed by atoms with Gasteiger partial charge in [-0.1, -0.05) is 11.6 Å². The summed E-state index contributed by atoms with van der Waals surface area (Å²) in [4.78, 5) is 57.7. The van der Waals surface area contributed by atoms with Gasteiger partial charge in [-0.2, -0.15) is 0 Å². The summed E-state index contributed by atoms with van der Waals surface area (Å²) in [6, 6.07) is 11.2. The number of carbonyl (C=O) groups is 1. The van der Waals surface area contributed by atoms with Crippen LogP contribution in [0.5, 0.6) is 5.75 Å². The molecule has 1 aromatic carbocycles. The molecule has 9 nitrogen and oxygen atoms in total. The number of halogens is 1. The van der Waals surface area contributed by atoms with Crippen LogP contribution in [0.4, 0.5) is 0 Å². The Morgan fingerprint density at radius 2 is 1.84 bits per heavy atom. The van der Waals surface area contributed by atoms with Gasteiger partial charge in [0.15, 0.2) is 5.78 Å². The lowest BCUT2D eigenvalue weighted by Crippen LogP contribution is -2.39. The van der Waals surface area contributed by atoms with E-state index < -0.39 is 11.2 Å². The second kappa shape index (κ2) is 9.45. The van der Waals surface area contributed by atoms with Crippen LogP contribution in [0.2, 0.25) is 5.02 Å². The van der Waals surface area contributed by atoms with E-state index in [1.165, 1.54) is 28.2 Å².